The van der Waals surface area contributed by atoms with Crippen molar-refractivity contribution in [2.24, 2.45) is 0 Å². The highest BCUT2D eigenvalue weighted by atomic mass is 35.5. The van der Waals surface area contributed by atoms with E-state index in [-0.39, 0.29) is 35.2 Å². The van der Waals surface area contributed by atoms with E-state index in [2.05, 4.69) is 5.32 Å². The van der Waals surface area contributed by atoms with E-state index in [0.29, 0.717) is 11.1 Å². The lowest BCUT2D eigenvalue weighted by molar-refractivity contribution is -0.384. The number of nitro groups is 1. The van der Waals surface area contributed by atoms with Gasteiger partial charge in [-0.2, -0.15) is 0 Å². The minimum absolute atomic E-state index is 0.136. The van der Waals surface area contributed by atoms with E-state index in [4.69, 9.17) is 21.1 Å². The summed E-state index contributed by atoms with van der Waals surface area (Å²) >= 11 is 6.50. The van der Waals surface area contributed by atoms with Crippen molar-refractivity contribution in [1.29, 1.82) is 0 Å². The third kappa shape index (κ3) is 4.30. The third-order valence-corrected chi connectivity index (χ3v) is 8.26. The topological polar surface area (TPSA) is 145 Å². The first kappa shape index (κ1) is 29.9. The first-order chi connectivity index (χ1) is 20.6. The molecular weight excluding hydrogens is 578 g/mol. The quantitative estimate of drug-likeness (QED) is 0.179. The summed E-state index contributed by atoms with van der Waals surface area (Å²) in [5.41, 5.74) is -3.53. The van der Waals surface area contributed by atoms with E-state index in [9.17, 15) is 29.3 Å². The second-order valence-corrected chi connectivity index (χ2v) is 10.6. The lowest BCUT2D eigenvalue weighted by Crippen LogP contribution is -2.70. The van der Waals surface area contributed by atoms with E-state index in [0.717, 1.165) is 4.90 Å². The molecule has 0 radical (unpaired) electrons. The molecule has 0 aromatic heterocycles. The van der Waals surface area contributed by atoms with Crippen LogP contribution in [0.4, 0.5) is 11.4 Å². The average Bonchev–Trinajstić information content (AvgIpc) is 3.45. The number of hydrogen-bond acceptors (Lipinski definition) is 9. The summed E-state index contributed by atoms with van der Waals surface area (Å²) in [6.07, 6.45) is 0. The van der Waals surface area contributed by atoms with Gasteiger partial charge in [0.15, 0.2) is 0 Å². The molecule has 1 saturated heterocycles. The van der Waals surface area contributed by atoms with Gasteiger partial charge in [0.1, 0.15) is 5.41 Å². The lowest BCUT2D eigenvalue weighted by atomic mass is 9.58. The van der Waals surface area contributed by atoms with Gasteiger partial charge in [0, 0.05) is 36.0 Å². The molecule has 1 N–H and O–H groups in total. The standard InChI is InChI=1S/C31H28ClN3O8/c1-4-42-28(38)31(29(39)43-5-2)30(23-17-21(32)13-16-24(23)34(18(3)36)27(30)37)25(19-9-7-6-8-10-19)26(33-31)20-11-14-22(15-12-20)35(40)41/h6-17,25-26,33H,4-5H2,1-3H3/t25-,26-,30-/m1/s1. The SMILES string of the molecule is CCOC(=O)C1(C(=O)OCC)N[C@H](c2ccc([N+](=O)[O-])cc2)[C@@H](c2ccccc2)[C@]12C(=O)N(C(C)=O)c1ccc(Cl)cc12. The zero-order valence-electron chi connectivity index (χ0n) is 23.5. The molecule has 3 atom stereocenters. The minimum Gasteiger partial charge on any atom is -0.464 e. The van der Waals surface area contributed by atoms with Gasteiger partial charge in [-0.1, -0.05) is 54.1 Å². The van der Waals surface area contributed by atoms with Crippen molar-refractivity contribution in [3.63, 3.8) is 0 Å². The van der Waals surface area contributed by atoms with Gasteiger partial charge in [-0.25, -0.2) is 14.5 Å². The number of anilines is 1. The van der Waals surface area contributed by atoms with Crippen LogP contribution in [0.1, 0.15) is 49.4 Å². The largest absolute Gasteiger partial charge is 0.464 e. The predicted octanol–water partition coefficient (Wildman–Crippen LogP) is 4.37. The lowest BCUT2D eigenvalue weighted by Gasteiger charge is -2.40. The number of fused-ring (bicyclic) bond motifs is 2. The number of non-ortho nitro benzene ring substituents is 1. The van der Waals surface area contributed by atoms with Gasteiger partial charge in [-0.3, -0.25) is 25.0 Å². The molecule has 3 aromatic rings. The van der Waals surface area contributed by atoms with E-state index >= 15 is 0 Å². The van der Waals surface area contributed by atoms with Crippen molar-refractivity contribution in [3.05, 3.63) is 105 Å². The van der Waals surface area contributed by atoms with Crippen molar-refractivity contribution >= 4 is 46.7 Å². The summed E-state index contributed by atoms with van der Waals surface area (Å²) < 4.78 is 11.0. The number of imide groups is 1. The number of halogens is 1. The van der Waals surface area contributed by atoms with Crippen molar-refractivity contribution in [1.82, 2.24) is 5.32 Å². The Hall–Kier alpha value is -4.61. The Morgan fingerprint density at radius 2 is 1.56 bits per heavy atom. The van der Waals surface area contributed by atoms with Gasteiger partial charge in [-0.05, 0) is 48.7 Å². The highest BCUT2D eigenvalue weighted by Crippen LogP contribution is 2.64. The average molecular weight is 606 g/mol. The fourth-order valence-electron chi connectivity index (χ4n) is 6.49. The summed E-state index contributed by atoms with van der Waals surface area (Å²) in [7, 11) is 0. The monoisotopic (exact) mass is 605 g/mol. The Kier molecular flexibility index (Phi) is 7.80. The number of carbonyl (C=O) groups is 4. The van der Waals surface area contributed by atoms with Gasteiger partial charge in [0.25, 0.3) is 5.69 Å². The summed E-state index contributed by atoms with van der Waals surface area (Å²) in [5, 5.41) is 14.8. The highest BCUT2D eigenvalue weighted by Gasteiger charge is 2.80. The zero-order chi connectivity index (χ0) is 31.1. The van der Waals surface area contributed by atoms with Gasteiger partial charge < -0.3 is 9.47 Å². The molecule has 5 rings (SSSR count). The van der Waals surface area contributed by atoms with Crippen LogP contribution in [-0.4, -0.2) is 47.4 Å². The smallest absolute Gasteiger partial charge is 0.339 e. The Balaban J connectivity index is 1.96. The number of esters is 2. The molecule has 0 unspecified atom stereocenters. The molecule has 43 heavy (non-hydrogen) atoms. The zero-order valence-corrected chi connectivity index (χ0v) is 24.3. The Morgan fingerprint density at radius 1 is 0.953 bits per heavy atom. The molecule has 0 bridgehead atoms. The third-order valence-electron chi connectivity index (χ3n) is 8.03. The number of rotatable bonds is 7. The number of benzene rings is 3. The second kappa shape index (κ2) is 11.2. The van der Waals surface area contributed by atoms with Crippen LogP contribution < -0.4 is 10.2 Å². The molecule has 0 saturated carbocycles. The maximum atomic E-state index is 15.0. The van der Waals surface area contributed by atoms with Crippen LogP contribution in [0.5, 0.6) is 0 Å². The molecule has 0 aliphatic carbocycles. The molecular formula is C31H28ClN3O8. The van der Waals surface area contributed by atoms with Crippen LogP contribution in [0.25, 0.3) is 0 Å². The molecule has 3 aromatic carbocycles. The first-order valence-corrected chi connectivity index (χ1v) is 14.0. The molecule has 2 aliphatic heterocycles. The van der Waals surface area contributed by atoms with Crippen LogP contribution in [0, 0.1) is 10.1 Å². The molecule has 2 heterocycles. The van der Waals surface area contributed by atoms with E-state index in [1.54, 1.807) is 44.2 Å². The summed E-state index contributed by atoms with van der Waals surface area (Å²) in [4.78, 5) is 68.5. The van der Waals surface area contributed by atoms with Crippen molar-refractivity contribution in [2.45, 2.75) is 43.7 Å². The Bertz CT molecular complexity index is 1610. The highest BCUT2D eigenvalue weighted by molar-refractivity contribution is 6.32. The molecule has 2 aliphatic rings. The number of hydrogen-bond donors (Lipinski definition) is 1. The van der Waals surface area contributed by atoms with Crippen LogP contribution in [0.15, 0.2) is 72.8 Å². The minimum atomic E-state index is -2.51. The van der Waals surface area contributed by atoms with Crippen molar-refractivity contribution < 1.29 is 33.6 Å². The van der Waals surface area contributed by atoms with Gasteiger partial charge >= 0.3 is 11.9 Å². The molecule has 1 fully saturated rings. The maximum Gasteiger partial charge on any atom is 0.339 e. The number of amides is 2. The number of ether oxygens (including phenoxy) is 2. The maximum absolute atomic E-state index is 15.0. The number of nitrogens with one attached hydrogen (secondary N) is 1. The fourth-order valence-corrected chi connectivity index (χ4v) is 6.67. The van der Waals surface area contributed by atoms with Gasteiger partial charge in [0.05, 0.1) is 23.8 Å². The number of carbonyl (C=O) groups excluding carboxylic acids is 4. The number of nitrogens with zero attached hydrogens (tertiary/aromatic N) is 2. The molecule has 1 spiro atoms. The van der Waals surface area contributed by atoms with Crippen molar-refractivity contribution in [3.8, 4) is 0 Å². The molecule has 11 nitrogen and oxygen atoms in total. The van der Waals surface area contributed by atoms with Gasteiger partial charge in [-0.15, -0.1) is 0 Å². The summed E-state index contributed by atoms with van der Waals surface area (Å²) in [6.45, 7) is 4.05. The van der Waals surface area contributed by atoms with Crippen LogP contribution in [0.3, 0.4) is 0 Å². The van der Waals surface area contributed by atoms with E-state index in [1.165, 1.54) is 49.4 Å². The van der Waals surface area contributed by atoms with Gasteiger partial charge in [0.2, 0.25) is 17.4 Å². The normalized spacial score (nSPS) is 21.9. The second-order valence-electron chi connectivity index (χ2n) is 10.2. The fraction of sp³-hybridized carbons (Fsp3) is 0.290. The van der Waals surface area contributed by atoms with E-state index < -0.39 is 51.6 Å². The van der Waals surface area contributed by atoms with Crippen LogP contribution >= 0.6 is 11.6 Å². The van der Waals surface area contributed by atoms with Crippen LogP contribution in [-0.2, 0) is 34.1 Å². The van der Waals surface area contributed by atoms with Crippen molar-refractivity contribution in [2.75, 3.05) is 18.1 Å². The molecule has 12 heteroatoms. The number of nitro benzene ring substituents is 1. The Morgan fingerprint density at radius 3 is 2.09 bits per heavy atom. The molecule has 222 valence electrons. The van der Waals surface area contributed by atoms with E-state index in [1.807, 2.05) is 0 Å². The Labute approximate surface area is 251 Å². The summed E-state index contributed by atoms with van der Waals surface area (Å²) in [5.74, 6) is -4.69. The molecule has 2 amide bonds. The van der Waals surface area contributed by atoms with Crippen LogP contribution in [0.2, 0.25) is 5.02 Å². The predicted molar refractivity (Wildman–Crippen MR) is 155 cm³/mol. The first-order valence-electron chi connectivity index (χ1n) is 13.6. The summed E-state index contributed by atoms with van der Waals surface area (Å²) in [6, 6.07) is 17.8.